The Morgan fingerprint density at radius 1 is 0.862 bits per heavy atom. The summed E-state index contributed by atoms with van der Waals surface area (Å²) in [7, 11) is 0. The van der Waals surface area contributed by atoms with Crippen LogP contribution in [0.2, 0.25) is 5.02 Å². The van der Waals surface area contributed by atoms with Gasteiger partial charge in [-0.1, -0.05) is 66.2 Å². The lowest BCUT2D eigenvalue weighted by Crippen LogP contribution is -2.19. The lowest BCUT2D eigenvalue weighted by molar-refractivity contribution is 0.793. The van der Waals surface area contributed by atoms with E-state index in [-0.39, 0.29) is 6.04 Å². The van der Waals surface area contributed by atoms with Crippen LogP contribution in [0, 0.1) is 0 Å². The van der Waals surface area contributed by atoms with Crippen LogP contribution >= 0.6 is 11.6 Å². The Kier molecular flexibility index (Phi) is 3.58. The fourth-order valence-electron chi connectivity index (χ4n) is 4.31. The molecular weight excluding hydrogens is 378 g/mol. The maximum Gasteiger partial charge on any atom is 0.105 e. The highest BCUT2D eigenvalue weighted by molar-refractivity contribution is 6.31. The van der Waals surface area contributed by atoms with Crippen molar-refractivity contribution >= 4 is 40.0 Å². The van der Waals surface area contributed by atoms with Gasteiger partial charge < -0.3 is 0 Å². The Balaban J connectivity index is 1.59. The Morgan fingerprint density at radius 2 is 1.69 bits per heavy atom. The number of fused-ring (bicyclic) bond motifs is 4. The van der Waals surface area contributed by atoms with Crippen LogP contribution in [0.25, 0.3) is 17.0 Å². The van der Waals surface area contributed by atoms with Crippen LogP contribution in [-0.2, 0) is 0 Å². The van der Waals surface area contributed by atoms with Crippen molar-refractivity contribution < 1.29 is 0 Å². The predicted octanol–water partition coefficient (Wildman–Crippen LogP) is 6.25. The number of benzene rings is 3. The van der Waals surface area contributed by atoms with E-state index in [2.05, 4.69) is 64.6 Å². The second-order valence-electron chi connectivity index (χ2n) is 7.28. The zero-order chi connectivity index (χ0) is 19.4. The number of halogens is 1. The second-order valence-corrected chi connectivity index (χ2v) is 7.72. The van der Waals surface area contributed by atoms with Gasteiger partial charge in [0.05, 0.1) is 16.9 Å². The number of hydrogen-bond donors (Lipinski definition) is 0. The van der Waals surface area contributed by atoms with Gasteiger partial charge in [-0.25, -0.2) is 0 Å². The Bertz CT molecular complexity index is 1320. The van der Waals surface area contributed by atoms with Gasteiger partial charge in [0.1, 0.15) is 6.04 Å². The number of rotatable bonds is 2. The fourth-order valence-corrected chi connectivity index (χ4v) is 4.48. The van der Waals surface area contributed by atoms with Crippen molar-refractivity contribution in [2.75, 3.05) is 5.01 Å². The molecule has 1 aliphatic carbocycles. The first-order valence-electron chi connectivity index (χ1n) is 9.58. The van der Waals surface area contributed by atoms with Gasteiger partial charge >= 0.3 is 0 Å². The van der Waals surface area contributed by atoms with Crippen LogP contribution in [0.1, 0.15) is 22.7 Å². The molecule has 1 atom stereocenters. The van der Waals surface area contributed by atoms with Gasteiger partial charge in [0.2, 0.25) is 0 Å². The number of nitrogens with zero attached hydrogens (tertiary/aromatic N) is 3. The number of hydrazone groups is 1. The van der Waals surface area contributed by atoms with Crippen molar-refractivity contribution in [3.05, 3.63) is 112 Å². The average molecular weight is 394 g/mol. The molecule has 0 amide bonds. The van der Waals surface area contributed by atoms with Gasteiger partial charge in [-0.15, -0.1) is 0 Å². The first-order chi connectivity index (χ1) is 14.3. The first kappa shape index (κ1) is 16.5. The molecule has 29 heavy (non-hydrogen) atoms. The van der Waals surface area contributed by atoms with E-state index in [4.69, 9.17) is 16.7 Å². The minimum absolute atomic E-state index is 0.0580. The molecule has 0 N–H and O–H groups in total. The SMILES string of the molecule is Clc1ccc2c(N3N=C(c4ccccc4)C4=Cc5ccccc5C43)ccnc2c1. The standard InChI is InChI=1S/C25H16ClN3/c26-18-10-11-20-22(15-18)27-13-12-23(20)29-25-19-9-5-4-8-17(19)14-21(25)24(28-29)16-6-2-1-3-7-16/h1-15,25H. The molecule has 0 saturated heterocycles. The zero-order valence-corrected chi connectivity index (χ0v) is 16.2. The van der Waals surface area contributed by atoms with Crippen molar-refractivity contribution in [3.8, 4) is 0 Å². The summed E-state index contributed by atoms with van der Waals surface area (Å²) in [5, 5.41) is 8.97. The summed E-state index contributed by atoms with van der Waals surface area (Å²) in [5.74, 6) is 0. The maximum atomic E-state index is 6.20. The quantitative estimate of drug-likeness (QED) is 0.402. The van der Waals surface area contributed by atoms with E-state index in [1.54, 1.807) is 0 Å². The normalized spacial score (nSPS) is 17.1. The lowest BCUT2D eigenvalue weighted by Gasteiger charge is -2.24. The summed E-state index contributed by atoms with van der Waals surface area (Å²) in [4.78, 5) is 4.51. The van der Waals surface area contributed by atoms with Gasteiger partial charge in [0, 0.05) is 27.7 Å². The third-order valence-corrected chi connectivity index (χ3v) is 5.83. The van der Waals surface area contributed by atoms with Crippen LogP contribution in [0.15, 0.2) is 95.7 Å². The number of aromatic nitrogens is 1. The minimum atomic E-state index is 0.0580. The van der Waals surface area contributed by atoms with E-state index < -0.39 is 0 Å². The molecule has 4 aromatic rings. The molecule has 0 bridgehead atoms. The predicted molar refractivity (Wildman–Crippen MR) is 119 cm³/mol. The molecule has 6 rings (SSSR count). The third kappa shape index (κ3) is 2.51. The van der Waals surface area contributed by atoms with E-state index in [0.717, 1.165) is 27.9 Å². The van der Waals surface area contributed by atoms with Gasteiger partial charge in [0.15, 0.2) is 0 Å². The van der Waals surface area contributed by atoms with Crippen LogP contribution in [-0.4, -0.2) is 10.7 Å². The second kappa shape index (κ2) is 6.29. The summed E-state index contributed by atoms with van der Waals surface area (Å²) < 4.78 is 0. The Morgan fingerprint density at radius 3 is 2.59 bits per heavy atom. The smallest absolute Gasteiger partial charge is 0.105 e. The first-order valence-corrected chi connectivity index (χ1v) is 9.96. The van der Waals surface area contributed by atoms with Crippen molar-refractivity contribution in [2.24, 2.45) is 5.10 Å². The number of pyridine rings is 1. The van der Waals surface area contributed by atoms with Gasteiger partial charge in [-0.3, -0.25) is 9.99 Å². The molecule has 3 nitrogen and oxygen atoms in total. The van der Waals surface area contributed by atoms with Crippen LogP contribution in [0.3, 0.4) is 0 Å². The van der Waals surface area contributed by atoms with Crippen LogP contribution in [0.5, 0.6) is 0 Å². The van der Waals surface area contributed by atoms with Crippen molar-refractivity contribution in [1.29, 1.82) is 0 Å². The molecule has 4 heteroatoms. The van der Waals surface area contributed by atoms with Crippen LogP contribution < -0.4 is 5.01 Å². The van der Waals surface area contributed by atoms with E-state index in [1.807, 2.05) is 36.5 Å². The van der Waals surface area contributed by atoms with Crippen molar-refractivity contribution in [2.45, 2.75) is 6.04 Å². The molecule has 138 valence electrons. The minimum Gasteiger partial charge on any atom is -0.256 e. The fraction of sp³-hybridized carbons (Fsp3) is 0.0400. The summed E-state index contributed by atoms with van der Waals surface area (Å²) in [6, 6.07) is 26.9. The Labute approximate surface area is 173 Å². The zero-order valence-electron chi connectivity index (χ0n) is 15.5. The Hall–Kier alpha value is -3.43. The molecule has 0 saturated carbocycles. The number of anilines is 1. The van der Waals surface area contributed by atoms with Crippen molar-refractivity contribution in [1.82, 2.24) is 4.98 Å². The molecule has 1 aliphatic heterocycles. The molecule has 0 fully saturated rings. The highest BCUT2D eigenvalue weighted by Gasteiger charge is 2.39. The molecule has 2 heterocycles. The molecule has 1 aromatic heterocycles. The number of hydrogen-bond acceptors (Lipinski definition) is 3. The molecule has 0 radical (unpaired) electrons. The summed E-state index contributed by atoms with van der Waals surface area (Å²) in [6.45, 7) is 0. The lowest BCUT2D eigenvalue weighted by atomic mass is 9.97. The molecular formula is C25H16ClN3. The van der Waals surface area contributed by atoms with E-state index >= 15 is 0 Å². The third-order valence-electron chi connectivity index (χ3n) is 5.60. The monoisotopic (exact) mass is 393 g/mol. The largest absolute Gasteiger partial charge is 0.256 e. The van der Waals surface area contributed by atoms with Crippen molar-refractivity contribution in [3.63, 3.8) is 0 Å². The topological polar surface area (TPSA) is 28.5 Å². The molecule has 2 aliphatic rings. The molecule has 3 aromatic carbocycles. The summed E-state index contributed by atoms with van der Waals surface area (Å²) in [6.07, 6.45) is 4.10. The van der Waals surface area contributed by atoms with Gasteiger partial charge in [-0.05, 0) is 41.5 Å². The maximum absolute atomic E-state index is 6.20. The molecule has 1 unspecified atom stereocenters. The summed E-state index contributed by atoms with van der Waals surface area (Å²) in [5.41, 5.74) is 7.81. The van der Waals surface area contributed by atoms with E-state index in [0.29, 0.717) is 5.02 Å². The highest BCUT2D eigenvalue weighted by atomic mass is 35.5. The van der Waals surface area contributed by atoms with Gasteiger partial charge in [-0.2, -0.15) is 5.10 Å². The van der Waals surface area contributed by atoms with E-state index in [1.165, 1.54) is 16.7 Å². The summed E-state index contributed by atoms with van der Waals surface area (Å²) >= 11 is 6.20. The average Bonchev–Trinajstić information content (AvgIpc) is 3.31. The highest BCUT2D eigenvalue weighted by Crippen LogP contribution is 2.47. The molecule has 0 spiro atoms. The van der Waals surface area contributed by atoms with Gasteiger partial charge in [0.25, 0.3) is 0 Å². The van der Waals surface area contributed by atoms with E-state index in [9.17, 15) is 0 Å². The van der Waals surface area contributed by atoms with Crippen LogP contribution in [0.4, 0.5) is 5.69 Å².